The molecule has 1 saturated heterocycles. The Morgan fingerprint density at radius 1 is 1.35 bits per heavy atom. The fourth-order valence-corrected chi connectivity index (χ4v) is 3.12. The molecule has 10 heteroatoms. The molecule has 0 bridgehead atoms. The Morgan fingerprint density at radius 2 is 2.12 bits per heavy atom. The summed E-state index contributed by atoms with van der Waals surface area (Å²) in [4.78, 5) is 13.3. The first-order valence-corrected chi connectivity index (χ1v) is 9.47. The molecule has 1 aliphatic heterocycles. The average Bonchev–Trinajstić information content (AvgIpc) is 3.16. The quantitative estimate of drug-likeness (QED) is 0.322. The lowest BCUT2D eigenvalue weighted by Gasteiger charge is -2.17. The van der Waals surface area contributed by atoms with Gasteiger partial charge >= 0.3 is 0 Å². The van der Waals surface area contributed by atoms with Gasteiger partial charge in [0.25, 0.3) is 0 Å². The van der Waals surface area contributed by atoms with Crippen molar-refractivity contribution in [3.8, 4) is 0 Å². The fourth-order valence-electron chi connectivity index (χ4n) is 2.76. The molecule has 0 aromatic carbocycles. The SMILES string of the molecule is CSc1nc(NCC=C(C)C)c2ncn([C@@H]3O[C@@H](CO)C(O)C3O)c2n1. The van der Waals surface area contributed by atoms with Crippen molar-refractivity contribution in [2.24, 2.45) is 0 Å². The second-order valence-electron chi connectivity index (χ2n) is 6.27. The molecule has 1 aliphatic rings. The maximum Gasteiger partial charge on any atom is 0.191 e. The van der Waals surface area contributed by atoms with Crippen molar-refractivity contribution in [2.45, 2.75) is 43.5 Å². The predicted molar refractivity (Wildman–Crippen MR) is 98.0 cm³/mol. The number of nitrogens with zero attached hydrogens (tertiary/aromatic N) is 4. The molecule has 4 atom stereocenters. The van der Waals surface area contributed by atoms with Gasteiger partial charge in [-0.15, -0.1) is 0 Å². The van der Waals surface area contributed by atoms with Crippen LogP contribution in [0.1, 0.15) is 20.1 Å². The minimum Gasteiger partial charge on any atom is -0.394 e. The number of aliphatic hydroxyl groups excluding tert-OH is 3. The Labute approximate surface area is 155 Å². The van der Waals surface area contributed by atoms with Crippen LogP contribution in [-0.4, -0.2) is 72.6 Å². The highest BCUT2D eigenvalue weighted by Gasteiger charge is 2.44. The summed E-state index contributed by atoms with van der Waals surface area (Å²) in [7, 11) is 0. The zero-order chi connectivity index (χ0) is 18.8. The summed E-state index contributed by atoms with van der Waals surface area (Å²) in [5.41, 5.74) is 2.21. The van der Waals surface area contributed by atoms with Crippen LogP contribution < -0.4 is 5.32 Å². The largest absolute Gasteiger partial charge is 0.394 e. The Hall–Kier alpha value is -1.72. The Kier molecular flexibility index (Phi) is 5.78. The molecule has 0 aliphatic carbocycles. The van der Waals surface area contributed by atoms with Gasteiger partial charge in [0.1, 0.15) is 18.3 Å². The van der Waals surface area contributed by atoms with E-state index < -0.39 is 24.5 Å². The molecule has 0 spiro atoms. The summed E-state index contributed by atoms with van der Waals surface area (Å²) in [6, 6.07) is 0. The van der Waals surface area contributed by atoms with E-state index in [9.17, 15) is 15.3 Å². The first kappa shape index (κ1) is 19.1. The van der Waals surface area contributed by atoms with Crippen molar-refractivity contribution in [3.63, 3.8) is 0 Å². The number of hydrogen-bond donors (Lipinski definition) is 4. The lowest BCUT2D eigenvalue weighted by atomic mass is 10.1. The number of imidazole rings is 1. The van der Waals surface area contributed by atoms with E-state index in [0.717, 1.165) is 0 Å². The van der Waals surface area contributed by atoms with Crippen molar-refractivity contribution >= 4 is 28.7 Å². The number of allylic oxidation sites excluding steroid dienone is 1. The number of thioether (sulfide) groups is 1. The number of anilines is 1. The molecule has 0 radical (unpaired) electrons. The third-order valence-corrected chi connectivity index (χ3v) is 4.70. The second-order valence-corrected chi connectivity index (χ2v) is 7.05. The Bertz CT molecular complexity index is 807. The van der Waals surface area contributed by atoms with Crippen LogP contribution in [0.5, 0.6) is 0 Å². The minimum atomic E-state index is -1.20. The van der Waals surface area contributed by atoms with E-state index in [-0.39, 0.29) is 6.61 Å². The van der Waals surface area contributed by atoms with Crippen LogP contribution >= 0.6 is 11.8 Å². The summed E-state index contributed by atoms with van der Waals surface area (Å²) < 4.78 is 7.15. The smallest absolute Gasteiger partial charge is 0.191 e. The third-order valence-electron chi connectivity index (χ3n) is 4.15. The molecule has 0 amide bonds. The summed E-state index contributed by atoms with van der Waals surface area (Å²) in [6.45, 7) is 4.24. The van der Waals surface area contributed by atoms with E-state index in [1.54, 1.807) is 4.57 Å². The van der Waals surface area contributed by atoms with E-state index in [1.807, 2.05) is 26.2 Å². The van der Waals surface area contributed by atoms with Gasteiger partial charge in [-0.2, -0.15) is 0 Å². The molecule has 2 aromatic rings. The summed E-state index contributed by atoms with van der Waals surface area (Å²) in [6.07, 6.45) is 1.28. The highest BCUT2D eigenvalue weighted by Crippen LogP contribution is 2.32. The van der Waals surface area contributed by atoms with Crippen LogP contribution in [-0.2, 0) is 4.74 Å². The number of rotatable bonds is 6. The Morgan fingerprint density at radius 3 is 2.73 bits per heavy atom. The van der Waals surface area contributed by atoms with Gasteiger partial charge in [-0.05, 0) is 20.1 Å². The summed E-state index contributed by atoms with van der Waals surface area (Å²) >= 11 is 1.39. The van der Waals surface area contributed by atoms with Crippen molar-refractivity contribution in [2.75, 3.05) is 24.7 Å². The van der Waals surface area contributed by atoms with Gasteiger partial charge in [0.2, 0.25) is 0 Å². The molecule has 2 unspecified atom stereocenters. The van der Waals surface area contributed by atoms with E-state index >= 15 is 0 Å². The average molecular weight is 381 g/mol. The summed E-state index contributed by atoms with van der Waals surface area (Å²) in [5.74, 6) is 0.586. The maximum absolute atomic E-state index is 10.3. The first-order valence-electron chi connectivity index (χ1n) is 8.24. The number of nitrogens with one attached hydrogen (secondary N) is 1. The monoisotopic (exact) mass is 381 g/mol. The number of aliphatic hydroxyl groups is 3. The van der Waals surface area contributed by atoms with Gasteiger partial charge in [-0.25, -0.2) is 15.0 Å². The highest BCUT2D eigenvalue weighted by molar-refractivity contribution is 7.98. The van der Waals surface area contributed by atoms with E-state index in [1.165, 1.54) is 23.7 Å². The number of hydrogen-bond acceptors (Lipinski definition) is 9. The number of aromatic nitrogens is 4. The van der Waals surface area contributed by atoms with E-state index in [4.69, 9.17) is 4.74 Å². The Balaban J connectivity index is 1.99. The summed E-state index contributed by atoms with van der Waals surface area (Å²) in [5, 5.41) is 33.3. The molecule has 9 nitrogen and oxygen atoms in total. The van der Waals surface area contributed by atoms with Gasteiger partial charge in [0, 0.05) is 6.54 Å². The molecule has 3 heterocycles. The van der Waals surface area contributed by atoms with Gasteiger partial charge < -0.3 is 25.4 Å². The second kappa shape index (κ2) is 7.89. The molecule has 142 valence electrons. The van der Waals surface area contributed by atoms with Crippen LogP contribution in [0.25, 0.3) is 11.2 Å². The van der Waals surface area contributed by atoms with Gasteiger partial charge in [0.15, 0.2) is 28.4 Å². The topological polar surface area (TPSA) is 126 Å². The lowest BCUT2D eigenvalue weighted by Crippen LogP contribution is -2.33. The van der Waals surface area contributed by atoms with E-state index in [0.29, 0.717) is 28.7 Å². The van der Waals surface area contributed by atoms with Gasteiger partial charge in [-0.3, -0.25) is 4.57 Å². The van der Waals surface area contributed by atoms with Crippen molar-refractivity contribution in [1.29, 1.82) is 0 Å². The van der Waals surface area contributed by atoms with E-state index in [2.05, 4.69) is 20.3 Å². The lowest BCUT2D eigenvalue weighted by molar-refractivity contribution is -0.0511. The number of fused-ring (bicyclic) bond motifs is 1. The van der Waals surface area contributed by atoms with Crippen LogP contribution in [0.2, 0.25) is 0 Å². The predicted octanol–water partition coefficient (Wildman–Crippen LogP) is 0.538. The fraction of sp³-hybridized carbons (Fsp3) is 0.562. The van der Waals surface area contributed by atoms with Gasteiger partial charge in [0.05, 0.1) is 12.9 Å². The molecule has 0 saturated carbocycles. The molecular weight excluding hydrogens is 358 g/mol. The van der Waals surface area contributed by atoms with Crippen molar-refractivity contribution in [3.05, 3.63) is 18.0 Å². The molecule has 2 aromatic heterocycles. The molecule has 1 fully saturated rings. The first-order chi connectivity index (χ1) is 12.5. The molecule has 3 rings (SSSR count). The molecule has 26 heavy (non-hydrogen) atoms. The number of ether oxygens (including phenoxy) is 1. The third kappa shape index (κ3) is 3.55. The van der Waals surface area contributed by atoms with Gasteiger partial charge in [-0.1, -0.05) is 23.4 Å². The normalized spacial score (nSPS) is 25.6. The highest BCUT2D eigenvalue weighted by atomic mass is 32.2. The van der Waals surface area contributed by atoms with Crippen LogP contribution in [0, 0.1) is 0 Å². The van der Waals surface area contributed by atoms with Crippen LogP contribution in [0.15, 0.2) is 23.1 Å². The maximum atomic E-state index is 10.3. The standard InChI is InChI=1S/C16H23N5O4S/c1-8(2)4-5-17-13-10-14(20-16(19-13)26-3)21(7-18-10)15-12(24)11(23)9(6-22)25-15/h4,7,9,11-12,15,22-24H,5-6H2,1-3H3,(H,17,19,20)/t9-,11?,12?,15+/m0/s1. The zero-order valence-corrected chi connectivity index (χ0v) is 15.6. The molecular formula is C16H23N5O4S. The zero-order valence-electron chi connectivity index (χ0n) is 14.8. The van der Waals surface area contributed by atoms with Crippen LogP contribution in [0.4, 0.5) is 5.82 Å². The van der Waals surface area contributed by atoms with Crippen molar-refractivity contribution in [1.82, 2.24) is 19.5 Å². The minimum absolute atomic E-state index is 0.387. The molecule has 4 N–H and O–H groups in total. The van der Waals surface area contributed by atoms with Crippen LogP contribution in [0.3, 0.4) is 0 Å². The van der Waals surface area contributed by atoms with Crippen molar-refractivity contribution < 1.29 is 20.1 Å².